The van der Waals surface area contributed by atoms with Crippen molar-refractivity contribution in [2.75, 3.05) is 24.7 Å². The first-order valence-electron chi connectivity index (χ1n) is 4.59. The number of benzene rings is 1. The van der Waals surface area contributed by atoms with Crippen LogP contribution in [0.5, 0.6) is 0 Å². The molecule has 1 aromatic carbocycles. The Morgan fingerprint density at radius 2 is 2.19 bits per heavy atom. The van der Waals surface area contributed by atoms with Gasteiger partial charge in [-0.3, -0.25) is 4.79 Å². The number of ether oxygens (including phenoxy) is 1. The summed E-state index contributed by atoms with van der Waals surface area (Å²) in [7, 11) is 3.16. The highest BCUT2D eigenvalue weighted by molar-refractivity contribution is 7.99. The van der Waals surface area contributed by atoms with Crippen molar-refractivity contribution < 1.29 is 14.3 Å². The molecule has 4 nitrogen and oxygen atoms in total. The maximum Gasteiger partial charge on any atom is 0.340 e. The fourth-order valence-electron chi connectivity index (χ4n) is 1.27. The number of carbonyl (C=O) groups is 2. The summed E-state index contributed by atoms with van der Waals surface area (Å²) in [5.74, 6) is -0.445. The second kappa shape index (κ2) is 5.55. The first-order chi connectivity index (χ1) is 7.63. The van der Waals surface area contributed by atoms with Gasteiger partial charge in [-0.1, -0.05) is 11.9 Å². The Balaban J connectivity index is 3.26. The van der Waals surface area contributed by atoms with Crippen LogP contribution in [0.4, 0.5) is 5.69 Å². The van der Waals surface area contributed by atoms with Gasteiger partial charge in [-0.2, -0.15) is 0 Å². The standard InChI is InChI=1S/C11H13NO3S/c1-12(16-3)10-5-4-8(7-13)6-9(10)11(14)15-2/h4-7H,1-3H3. The molecule has 0 aliphatic rings. The van der Waals surface area contributed by atoms with Crippen molar-refractivity contribution in [1.29, 1.82) is 0 Å². The van der Waals surface area contributed by atoms with Gasteiger partial charge < -0.3 is 9.04 Å². The van der Waals surface area contributed by atoms with Gasteiger partial charge in [0.25, 0.3) is 0 Å². The van der Waals surface area contributed by atoms with E-state index in [1.54, 1.807) is 12.1 Å². The minimum absolute atomic E-state index is 0.393. The molecule has 0 aromatic heterocycles. The quantitative estimate of drug-likeness (QED) is 0.457. The van der Waals surface area contributed by atoms with Crippen LogP contribution in [0.1, 0.15) is 20.7 Å². The fourth-order valence-corrected chi connectivity index (χ4v) is 1.63. The molecule has 0 amide bonds. The van der Waals surface area contributed by atoms with Gasteiger partial charge >= 0.3 is 5.97 Å². The molecule has 0 heterocycles. The van der Waals surface area contributed by atoms with Gasteiger partial charge in [0, 0.05) is 18.9 Å². The number of aldehydes is 1. The monoisotopic (exact) mass is 239 g/mol. The van der Waals surface area contributed by atoms with Crippen molar-refractivity contribution in [1.82, 2.24) is 0 Å². The highest BCUT2D eigenvalue weighted by Gasteiger charge is 2.15. The summed E-state index contributed by atoms with van der Waals surface area (Å²) in [6, 6.07) is 4.93. The molecule has 0 radical (unpaired) electrons. The van der Waals surface area contributed by atoms with Gasteiger partial charge in [0.05, 0.1) is 18.4 Å². The number of carbonyl (C=O) groups excluding carboxylic acids is 2. The SMILES string of the molecule is COC(=O)c1cc(C=O)ccc1N(C)SC. The third-order valence-corrected chi connectivity index (χ3v) is 2.92. The van der Waals surface area contributed by atoms with Gasteiger partial charge in [-0.15, -0.1) is 0 Å². The van der Waals surface area contributed by atoms with Crippen LogP contribution in [0.15, 0.2) is 18.2 Å². The molecule has 0 N–H and O–H groups in total. The van der Waals surface area contributed by atoms with Crippen molar-refractivity contribution in [2.45, 2.75) is 0 Å². The Kier molecular flexibility index (Phi) is 4.37. The molecule has 16 heavy (non-hydrogen) atoms. The maximum absolute atomic E-state index is 11.5. The Morgan fingerprint density at radius 1 is 1.50 bits per heavy atom. The lowest BCUT2D eigenvalue weighted by Crippen LogP contribution is -2.12. The van der Waals surface area contributed by atoms with Gasteiger partial charge in [-0.25, -0.2) is 4.79 Å². The minimum atomic E-state index is -0.445. The average molecular weight is 239 g/mol. The van der Waals surface area contributed by atoms with Crippen molar-refractivity contribution in [3.05, 3.63) is 29.3 Å². The van der Waals surface area contributed by atoms with Crippen LogP contribution >= 0.6 is 11.9 Å². The molecule has 0 fully saturated rings. The Morgan fingerprint density at radius 3 is 2.69 bits per heavy atom. The van der Waals surface area contributed by atoms with E-state index in [0.29, 0.717) is 17.4 Å². The van der Waals surface area contributed by atoms with Gasteiger partial charge in [0.2, 0.25) is 0 Å². The van der Waals surface area contributed by atoms with Crippen molar-refractivity contribution in [3.8, 4) is 0 Å². The number of hydrogen-bond acceptors (Lipinski definition) is 5. The van der Waals surface area contributed by atoms with E-state index < -0.39 is 5.97 Å². The van der Waals surface area contributed by atoms with Crippen LogP contribution in [0.2, 0.25) is 0 Å². The molecule has 0 aliphatic carbocycles. The van der Waals surface area contributed by atoms with Crippen LogP contribution in [-0.2, 0) is 4.74 Å². The second-order valence-corrected chi connectivity index (χ2v) is 3.98. The zero-order valence-corrected chi connectivity index (χ0v) is 10.2. The number of rotatable bonds is 4. The molecule has 1 aromatic rings. The van der Waals surface area contributed by atoms with Crippen LogP contribution in [0, 0.1) is 0 Å². The van der Waals surface area contributed by atoms with Crippen molar-refractivity contribution >= 4 is 29.9 Å². The largest absolute Gasteiger partial charge is 0.465 e. The average Bonchev–Trinajstić information content (AvgIpc) is 2.36. The lowest BCUT2D eigenvalue weighted by molar-refractivity contribution is 0.0601. The van der Waals surface area contributed by atoms with E-state index >= 15 is 0 Å². The van der Waals surface area contributed by atoms with E-state index in [1.165, 1.54) is 25.1 Å². The molecule has 5 heteroatoms. The second-order valence-electron chi connectivity index (χ2n) is 3.07. The molecule has 0 bridgehead atoms. The summed E-state index contributed by atoms with van der Waals surface area (Å²) in [6.07, 6.45) is 2.60. The lowest BCUT2D eigenvalue weighted by Gasteiger charge is -2.18. The van der Waals surface area contributed by atoms with Crippen molar-refractivity contribution in [3.63, 3.8) is 0 Å². The van der Waals surface area contributed by atoms with E-state index in [2.05, 4.69) is 4.74 Å². The Hall–Kier alpha value is -1.49. The smallest absolute Gasteiger partial charge is 0.340 e. The lowest BCUT2D eigenvalue weighted by atomic mass is 10.1. The summed E-state index contributed by atoms with van der Waals surface area (Å²) in [5, 5.41) is 0. The molecule has 0 saturated heterocycles. The molecular weight excluding hydrogens is 226 g/mol. The van der Waals surface area contributed by atoms with E-state index in [9.17, 15) is 9.59 Å². The third-order valence-electron chi connectivity index (χ3n) is 2.18. The van der Waals surface area contributed by atoms with E-state index in [0.717, 1.165) is 5.69 Å². The summed E-state index contributed by atoms with van der Waals surface area (Å²) in [6.45, 7) is 0. The molecule has 1 rings (SSSR count). The molecule has 0 atom stereocenters. The summed E-state index contributed by atoms with van der Waals surface area (Å²) in [5.41, 5.74) is 1.58. The molecule has 0 spiro atoms. The predicted molar refractivity (Wildman–Crippen MR) is 65.1 cm³/mol. The molecular formula is C11H13NO3S. The highest BCUT2D eigenvalue weighted by Crippen LogP contribution is 2.25. The number of nitrogens with zero attached hydrogens (tertiary/aromatic N) is 1. The first-order valence-corrected chi connectivity index (χ1v) is 5.77. The van der Waals surface area contributed by atoms with Crippen LogP contribution in [0.25, 0.3) is 0 Å². The molecule has 0 aliphatic heterocycles. The molecule has 86 valence electrons. The van der Waals surface area contributed by atoms with Gasteiger partial charge in [-0.05, 0) is 18.2 Å². The van der Waals surface area contributed by atoms with Gasteiger partial charge in [0.1, 0.15) is 6.29 Å². The summed E-state index contributed by atoms with van der Waals surface area (Å²) in [4.78, 5) is 22.2. The summed E-state index contributed by atoms with van der Waals surface area (Å²) >= 11 is 1.47. The van der Waals surface area contributed by atoms with Gasteiger partial charge in [0.15, 0.2) is 0 Å². The maximum atomic E-state index is 11.5. The van der Waals surface area contributed by atoms with E-state index in [4.69, 9.17) is 0 Å². The minimum Gasteiger partial charge on any atom is -0.465 e. The first kappa shape index (κ1) is 12.6. The normalized spacial score (nSPS) is 9.69. The highest BCUT2D eigenvalue weighted by atomic mass is 32.2. The number of hydrogen-bond donors (Lipinski definition) is 0. The number of anilines is 1. The van der Waals surface area contributed by atoms with E-state index in [-0.39, 0.29) is 0 Å². The molecule has 0 unspecified atom stereocenters. The zero-order valence-electron chi connectivity index (χ0n) is 9.39. The topological polar surface area (TPSA) is 46.6 Å². The Bertz CT molecular complexity index is 406. The number of esters is 1. The third kappa shape index (κ3) is 2.55. The fraction of sp³-hybridized carbons (Fsp3) is 0.273. The molecule has 0 saturated carbocycles. The van der Waals surface area contributed by atoms with Crippen LogP contribution in [0.3, 0.4) is 0 Å². The zero-order chi connectivity index (χ0) is 12.1. The van der Waals surface area contributed by atoms with E-state index in [1.807, 2.05) is 17.6 Å². The summed E-state index contributed by atoms with van der Waals surface area (Å²) < 4.78 is 6.51. The van der Waals surface area contributed by atoms with Crippen molar-refractivity contribution in [2.24, 2.45) is 0 Å². The number of methoxy groups -OCH3 is 1. The van der Waals surface area contributed by atoms with Crippen LogP contribution in [-0.4, -0.2) is 32.7 Å². The predicted octanol–water partition coefficient (Wildman–Crippen LogP) is 2.00. The van der Waals surface area contributed by atoms with Crippen LogP contribution < -0.4 is 4.31 Å². The Labute approximate surface area is 98.7 Å².